The highest BCUT2D eigenvalue weighted by Gasteiger charge is 2.11. The number of carbonyl (C=O) groups is 1. The molecule has 26 heavy (non-hydrogen) atoms. The van der Waals surface area contributed by atoms with E-state index in [0.29, 0.717) is 20.8 Å². The fourth-order valence-corrected chi connectivity index (χ4v) is 3.26. The molecule has 0 spiro atoms. The molecule has 0 atom stereocenters. The molecule has 0 aliphatic carbocycles. The lowest BCUT2D eigenvalue weighted by molar-refractivity contribution is -0.384. The van der Waals surface area contributed by atoms with Crippen LogP contribution in [0.5, 0.6) is 5.75 Å². The SMILES string of the molecule is C/C(=N\NC(=O)COc1c(Cl)cc(Cl)cc1Br)c1cccc([N+](=O)[O-])c1. The van der Waals surface area contributed by atoms with E-state index in [-0.39, 0.29) is 23.1 Å². The Morgan fingerprint density at radius 1 is 1.35 bits per heavy atom. The number of nitro groups is 1. The van der Waals surface area contributed by atoms with E-state index in [4.69, 9.17) is 27.9 Å². The number of benzene rings is 2. The van der Waals surface area contributed by atoms with Crippen molar-refractivity contribution in [3.05, 3.63) is 66.6 Å². The van der Waals surface area contributed by atoms with Crippen molar-refractivity contribution in [1.82, 2.24) is 5.43 Å². The molecule has 0 bridgehead atoms. The zero-order valence-corrected chi connectivity index (χ0v) is 16.4. The number of hydrazone groups is 1. The van der Waals surface area contributed by atoms with E-state index in [1.165, 1.54) is 24.3 Å². The Kier molecular flexibility index (Phi) is 6.96. The molecule has 7 nitrogen and oxygen atoms in total. The van der Waals surface area contributed by atoms with Gasteiger partial charge in [0.1, 0.15) is 0 Å². The summed E-state index contributed by atoms with van der Waals surface area (Å²) in [4.78, 5) is 22.2. The number of nitrogens with one attached hydrogen (secondary N) is 1. The number of ether oxygens (including phenoxy) is 1. The summed E-state index contributed by atoms with van der Waals surface area (Å²) in [6.45, 7) is 1.29. The summed E-state index contributed by atoms with van der Waals surface area (Å²) in [5.74, 6) is -0.238. The number of nitro benzene ring substituents is 1. The third-order valence-corrected chi connectivity index (χ3v) is 4.22. The van der Waals surface area contributed by atoms with Crippen molar-refractivity contribution in [2.45, 2.75) is 6.92 Å². The molecule has 10 heteroatoms. The van der Waals surface area contributed by atoms with Crippen LogP contribution in [0, 0.1) is 10.1 Å². The van der Waals surface area contributed by atoms with Crippen LogP contribution in [0.1, 0.15) is 12.5 Å². The van der Waals surface area contributed by atoms with Gasteiger partial charge >= 0.3 is 0 Å². The van der Waals surface area contributed by atoms with Crippen LogP contribution < -0.4 is 10.2 Å². The maximum atomic E-state index is 11.9. The summed E-state index contributed by atoms with van der Waals surface area (Å²) in [7, 11) is 0. The van der Waals surface area contributed by atoms with Gasteiger partial charge in [0.2, 0.25) is 0 Å². The van der Waals surface area contributed by atoms with Gasteiger partial charge in [-0.1, -0.05) is 35.3 Å². The van der Waals surface area contributed by atoms with Gasteiger partial charge in [0.25, 0.3) is 11.6 Å². The van der Waals surface area contributed by atoms with Gasteiger partial charge in [-0.2, -0.15) is 5.10 Å². The van der Waals surface area contributed by atoms with Gasteiger partial charge in [-0.25, -0.2) is 5.43 Å². The van der Waals surface area contributed by atoms with Gasteiger partial charge in [-0.05, 0) is 35.0 Å². The molecule has 0 radical (unpaired) electrons. The Morgan fingerprint density at radius 3 is 2.73 bits per heavy atom. The monoisotopic (exact) mass is 459 g/mol. The minimum atomic E-state index is -0.521. The number of nitrogens with zero attached hydrogens (tertiary/aromatic N) is 2. The molecule has 1 amide bonds. The molecule has 0 saturated heterocycles. The van der Waals surface area contributed by atoms with E-state index < -0.39 is 10.8 Å². The van der Waals surface area contributed by atoms with E-state index in [2.05, 4.69) is 26.5 Å². The van der Waals surface area contributed by atoms with Gasteiger partial charge in [-0.15, -0.1) is 0 Å². The summed E-state index contributed by atoms with van der Waals surface area (Å²) in [6, 6.07) is 9.01. The first-order valence-corrected chi connectivity index (χ1v) is 8.68. The molecule has 0 saturated carbocycles. The van der Waals surface area contributed by atoms with Crippen molar-refractivity contribution in [1.29, 1.82) is 0 Å². The molecule has 2 aromatic carbocycles. The van der Waals surface area contributed by atoms with Crippen LogP contribution in [0.3, 0.4) is 0 Å². The van der Waals surface area contributed by atoms with Crippen LogP contribution in [0.25, 0.3) is 0 Å². The average Bonchev–Trinajstić information content (AvgIpc) is 2.58. The molecule has 0 unspecified atom stereocenters. The number of amides is 1. The van der Waals surface area contributed by atoms with E-state index in [9.17, 15) is 14.9 Å². The fraction of sp³-hybridized carbons (Fsp3) is 0.125. The van der Waals surface area contributed by atoms with Crippen LogP contribution in [0.15, 0.2) is 46.0 Å². The number of rotatable bonds is 6. The van der Waals surface area contributed by atoms with Gasteiger partial charge in [0, 0.05) is 22.7 Å². The Labute approximate surface area is 167 Å². The highest BCUT2D eigenvalue weighted by Crippen LogP contribution is 2.35. The Bertz CT molecular complexity index is 867. The van der Waals surface area contributed by atoms with Crippen LogP contribution in [-0.2, 0) is 4.79 Å². The second-order valence-corrected chi connectivity index (χ2v) is 6.72. The van der Waals surface area contributed by atoms with Crippen LogP contribution >= 0.6 is 39.1 Å². The van der Waals surface area contributed by atoms with Gasteiger partial charge in [-0.3, -0.25) is 14.9 Å². The lowest BCUT2D eigenvalue weighted by Gasteiger charge is -2.10. The number of non-ortho nitro benzene ring substituents is 1. The second kappa shape index (κ2) is 8.98. The molecular weight excluding hydrogens is 449 g/mol. The van der Waals surface area contributed by atoms with Crippen molar-refractivity contribution in [2.24, 2.45) is 5.10 Å². The minimum Gasteiger partial charge on any atom is -0.481 e. The van der Waals surface area contributed by atoms with Crippen LogP contribution in [0.4, 0.5) is 5.69 Å². The zero-order valence-electron chi connectivity index (χ0n) is 13.3. The van der Waals surface area contributed by atoms with E-state index in [1.807, 2.05) is 0 Å². The summed E-state index contributed by atoms with van der Waals surface area (Å²) in [6.07, 6.45) is 0. The quantitative estimate of drug-likeness (QED) is 0.387. The second-order valence-electron chi connectivity index (χ2n) is 5.03. The molecule has 0 fully saturated rings. The Morgan fingerprint density at radius 2 is 2.08 bits per heavy atom. The van der Waals surface area contributed by atoms with Crippen molar-refractivity contribution in [2.75, 3.05) is 6.61 Å². The largest absolute Gasteiger partial charge is 0.481 e. The number of hydrogen-bond donors (Lipinski definition) is 1. The third kappa shape index (κ3) is 5.42. The maximum Gasteiger partial charge on any atom is 0.277 e. The molecule has 0 aliphatic heterocycles. The van der Waals surface area contributed by atoms with Crippen molar-refractivity contribution < 1.29 is 14.5 Å². The first kappa shape index (κ1) is 20.2. The zero-order chi connectivity index (χ0) is 19.3. The predicted molar refractivity (Wildman–Crippen MR) is 103 cm³/mol. The first-order chi connectivity index (χ1) is 12.3. The summed E-state index contributed by atoms with van der Waals surface area (Å²) in [5.41, 5.74) is 3.19. The Balaban J connectivity index is 1.99. The number of hydrogen-bond acceptors (Lipinski definition) is 5. The smallest absolute Gasteiger partial charge is 0.277 e. The number of halogens is 3. The van der Waals surface area contributed by atoms with E-state index in [0.717, 1.165) is 0 Å². The van der Waals surface area contributed by atoms with Gasteiger partial charge in [0.05, 0.1) is 20.1 Å². The average molecular weight is 461 g/mol. The molecule has 1 N–H and O–H groups in total. The van der Waals surface area contributed by atoms with Gasteiger partial charge < -0.3 is 4.74 Å². The van der Waals surface area contributed by atoms with E-state index in [1.54, 1.807) is 19.1 Å². The molecule has 0 heterocycles. The standard InChI is InChI=1S/C16H12BrCl2N3O4/c1-9(10-3-2-4-12(5-10)22(24)25)20-21-15(23)8-26-16-13(17)6-11(18)7-14(16)19/h2-7H,8H2,1H3,(H,21,23)/b20-9+. The summed E-state index contributed by atoms with van der Waals surface area (Å²) >= 11 is 15.1. The highest BCUT2D eigenvalue weighted by atomic mass is 79.9. The lowest BCUT2D eigenvalue weighted by Crippen LogP contribution is -2.25. The maximum absolute atomic E-state index is 11.9. The summed E-state index contributed by atoms with van der Waals surface area (Å²) < 4.78 is 5.88. The van der Waals surface area contributed by atoms with Gasteiger partial charge in [0.15, 0.2) is 12.4 Å². The van der Waals surface area contributed by atoms with E-state index >= 15 is 0 Å². The summed E-state index contributed by atoms with van der Waals surface area (Å²) in [5, 5.41) is 15.4. The number of carbonyl (C=O) groups excluding carboxylic acids is 1. The topological polar surface area (TPSA) is 93.8 Å². The van der Waals surface area contributed by atoms with Crippen molar-refractivity contribution >= 4 is 56.4 Å². The normalized spacial score (nSPS) is 11.2. The van der Waals surface area contributed by atoms with Crippen LogP contribution in [-0.4, -0.2) is 23.1 Å². The predicted octanol–water partition coefficient (Wildman–Crippen LogP) is 4.58. The first-order valence-electron chi connectivity index (χ1n) is 7.13. The molecule has 2 aromatic rings. The highest BCUT2D eigenvalue weighted by molar-refractivity contribution is 9.10. The molecule has 0 aliphatic rings. The lowest BCUT2D eigenvalue weighted by atomic mass is 10.1. The fourth-order valence-electron chi connectivity index (χ4n) is 1.89. The van der Waals surface area contributed by atoms with Crippen molar-refractivity contribution in [3.63, 3.8) is 0 Å². The minimum absolute atomic E-state index is 0.0612. The molecule has 0 aromatic heterocycles. The molecule has 136 valence electrons. The third-order valence-electron chi connectivity index (χ3n) is 3.13. The Hall–Kier alpha value is -2.16. The molecular formula is C16H12BrCl2N3O4. The molecule has 2 rings (SSSR count). The van der Waals surface area contributed by atoms with Crippen LogP contribution in [0.2, 0.25) is 10.0 Å². The van der Waals surface area contributed by atoms with Crippen molar-refractivity contribution in [3.8, 4) is 5.75 Å².